The van der Waals surface area contributed by atoms with Crippen LogP contribution in [0.2, 0.25) is 0 Å². The molecule has 0 heterocycles. The maximum Gasteiger partial charge on any atom is -0.0626 e. The van der Waals surface area contributed by atoms with Gasteiger partial charge in [0, 0.05) is 0 Å². The molecule has 1 aromatic carbocycles. The second kappa shape index (κ2) is 2.16. The van der Waals surface area contributed by atoms with Crippen LogP contribution in [0.15, 0.2) is 30.3 Å². The van der Waals surface area contributed by atoms with Crippen LogP contribution in [0.4, 0.5) is 0 Å². The molecule has 1 aromatic rings. The first-order valence-corrected chi connectivity index (χ1v) is 2.78. The SMILES string of the molecule is [Al-][c]1ccccc1. The molecule has 0 bridgehead atoms. The fourth-order valence-electron chi connectivity index (χ4n) is 0.453. The molecule has 0 saturated heterocycles. The molecule has 0 aliphatic carbocycles. The smallest absolute Gasteiger partial charge is 0.0626 e. The molecular formula is C6H5Al-. The van der Waals surface area contributed by atoms with E-state index >= 15 is 0 Å². The van der Waals surface area contributed by atoms with Gasteiger partial charge >= 0.3 is 0 Å². The number of hydrogen-bond acceptors (Lipinski definition) is 0. The summed E-state index contributed by atoms with van der Waals surface area (Å²) in [6.45, 7) is 0. The Labute approximate surface area is 51.6 Å². The number of hydrogen-bond donors (Lipinski definition) is 0. The molecule has 0 fully saturated rings. The predicted octanol–water partition coefficient (Wildman–Crippen LogP) is 0.480. The van der Waals surface area contributed by atoms with Crippen molar-refractivity contribution >= 4 is 20.7 Å². The molecule has 1 heteroatoms. The average Bonchev–Trinajstić information content (AvgIpc) is 1.69. The van der Waals surface area contributed by atoms with E-state index in [9.17, 15) is 0 Å². The summed E-state index contributed by atoms with van der Waals surface area (Å²) >= 11 is 2.63. The zero-order chi connectivity index (χ0) is 5.11. The Morgan fingerprint density at radius 3 is 1.86 bits per heavy atom. The fourth-order valence-corrected chi connectivity index (χ4v) is 0.675. The third-order valence-electron chi connectivity index (χ3n) is 0.800. The van der Waals surface area contributed by atoms with E-state index in [-0.39, 0.29) is 0 Å². The average molecular weight is 104 g/mol. The van der Waals surface area contributed by atoms with Crippen LogP contribution in [-0.2, 0) is 0 Å². The standard InChI is InChI=1S/C6H5.Al/c1-2-4-6-5-3-1;/h1-5H;/q;-1. The predicted molar refractivity (Wildman–Crippen MR) is 31.8 cm³/mol. The Hall–Kier alpha value is -0.248. The molecule has 3 radical (unpaired) electrons. The molecule has 1 rings (SSSR count). The van der Waals surface area contributed by atoms with E-state index in [4.69, 9.17) is 0 Å². The molecule has 0 aliphatic rings. The van der Waals surface area contributed by atoms with Crippen molar-refractivity contribution in [2.24, 2.45) is 0 Å². The van der Waals surface area contributed by atoms with Gasteiger partial charge in [-0.2, -0.15) is 0 Å². The maximum absolute atomic E-state index is 2.63. The minimum atomic E-state index is 1.24. The molecule has 33 valence electrons. The minimum absolute atomic E-state index is 1.24. The topological polar surface area (TPSA) is 0 Å². The van der Waals surface area contributed by atoms with Gasteiger partial charge in [-0.15, -0.1) is 12.1 Å². The summed E-state index contributed by atoms with van der Waals surface area (Å²) < 4.78 is 1.24. The van der Waals surface area contributed by atoms with Crippen molar-refractivity contribution in [1.29, 1.82) is 0 Å². The zero-order valence-electron chi connectivity index (χ0n) is 3.96. The van der Waals surface area contributed by atoms with E-state index in [1.165, 1.54) is 4.43 Å². The Morgan fingerprint density at radius 1 is 1.00 bits per heavy atom. The first kappa shape index (κ1) is 4.90. The first-order chi connectivity index (χ1) is 3.39. The van der Waals surface area contributed by atoms with Gasteiger partial charge in [0.15, 0.2) is 0 Å². The Morgan fingerprint density at radius 2 is 1.57 bits per heavy atom. The van der Waals surface area contributed by atoms with Gasteiger partial charge in [-0.1, -0.05) is 18.2 Å². The van der Waals surface area contributed by atoms with Crippen LogP contribution in [0.5, 0.6) is 0 Å². The van der Waals surface area contributed by atoms with Gasteiger partial charge < -0.3 is 20.7 Å². The Bertz CT molecular complexity index is 134. The summed E-state index contributed by atoms with van der Waals surface area (Å²) in [6, 6.07) is 10.1. The van der Waals surface area contributed by atoms with Crippen molar-refractivity contribution < 1.29 is 0 Å². The van der Waals surface area contributed by atoms with Crippen LogP contribution in [0.3, 0.4) is 0 Å². The molecule has 0 spiro atoms. The second-order valence-electron chi connectivity index (χ2n) is 1.41. The Kier molecular flexibility index (Phi) is 1.51. The highest BCUT2D eigenvalue weighted by Gasteiger charge is 1.59. The lowest BCUT2D eigenvalue weighted by molar-refractivity contribution is 1.78. The van der Waals surface area contributed by atoms with Gasteiger partial charge in [-0.25, -0.2) is 0 Å². The van der Waals surface area contributed by atoms with E-state index in [2.05, 4.69) is 16.3 Å². The molecule has 0 nitrogen and oxygen atoms in total. The molecule has 0 N–H and O–H groups in total. The molecule has 0 aromatic heterocycles. The third kappa shape index (κ3) is 1.35. The van der Waals surface area contributed by atoms with Crippen LogP contribution < -0.4 is 4.43 Å². The number of benzene rings is 1. The zero-order valence-corrected chi connectivity index (χ0v) is 5.12. The fraction of sp³-hybridized carbons (Fsp3) is 0. The van der Waals surface area contributed by atoms with E-state index in [1.54, 1.807) is 0 Å². The van der Waals surface area contributed by atoms with E-state index in [1.807, 2.05) is 30.3 Å². The third-order valence-corrected chi connectivity index (χ3v) is 1.18. The summed E-state index contributed by atoms with van der Waals surface area (Å²) in [5, 5.41) is 0. The highest BCUT2D eigenvalue weighted by molar-refractivity contribution is 6.32. The number of rotatable bonds is 0. The van der Waals surface area contributed by atoms with Crippen LogP contribution in [0.1, 0.15) is 0 Å². The minimum Gasteiger partial charge on any atom is -0.525 e. The highest BCUT2D eigenvalue weighted by atomic mass is 27.0. The lowest BCUT2D eigenvalue weighted by Crippen LogP contribution is -1.97. The van der Waals surface area contributed by atoms with Crippen LogP contribution in [-0.4, -0.2) is 16.3 Å². The van der Waals surface area contributed by atoms with Crippen LogP contribution in [0.25, 0.3) is 0 Å². The Balaban J connectivity index is 3.02. The molecule has 0 aliphatic heterocycles. The monoisotopic (exact) mass is 104 g/mol. The summed E-state index contributed by atoms with van der Waals surface area (Å²) in [4.78, 5) is 0. The molecule has 0 unspecified atom stereocenters. The summed E-state index contributed by atoms with van der Waals surface area (Å²) in [7, 11) is 0. The normalized spacial score (nSPS) is 8.71. The first-order valence-electron chi connectivity index (χ1n) is 2.20. The summed E-state index contributed by atoms with van der Waals surface area (Å²) in [6.07, 6.45) is 0. The van der Waals surface area contributed by atoms with Crippen LogP contribution in [0, 0.1) is 0 Å². The van der Waals surface area contributed by atoms with Gasteiger partial charge in [-0.3, -0.25) is 0 Å². The highest BCUT2D eigenvalue weighted by Crippen LogP contribution is 1.76. The van der Waals surface area contributed by atoms with Crippen molar-refractivity contribution in [3.05, 3.63) is 30.3 Å². The molecule has 7 heavy (non-hydrogen) atoms. The summed E-state index contributed by atoms with van der Waals surface area (Å²) in [5.41, 5.74) is 0. The van der Waals surface area contributed by atoms with Crippen molar-refractivity contribution in [2.45, 2.75) is 0 Å². The molecular weight excluding hydrogens is 99.0 g/mol. The van der Waals surface area contributed by atoms with Crippen molar-refractivity contribution in [3.8, 4) is 0 Å². The van der Waals surface area contributed by atoms with E-state index in [0.717, 1.165) is 0 Å². The van der Waals surface area contributed by atoms with Crippen molar-refractivity contribution in [1.82, 2.24) is 0 Å². The lowest BCUT2D eigenvalue weighted by Gasteiger charge is -2.01. The summed E-state index contributed by atoms with van der Waals surface area (Å²) in [5.74, 6) is 0. The quantitative estimate of drug-likeness (QED) is 0.420. The van der Waals surface area contributed by atoms with E-state index in [0.29, 0.717) is 0 Å². The van der Waals surface area contributed by atoms with Gasteiger partial charge in [0.2, 0.25) is 0 Å². The van der Waals surface area contributed by atoms with Crippen LogP contribution >= 0.6 is 0 Å². The van der Waals surface area contributed by atoms with Gasteiger partial charge in [0.25, 0.3) is 0 Å². The molecule has 0 atom stereocenters. The maximum atomic E-state index is 2.63. The van der Waals surface area contributed by atoms with Gasteiger partial charge in [-0.05, 0) is 0 Å². The van der Waals surface area contributed by atoms with Crippen molar-refractivity contribution in [3.63, 3.8) is 0 Å². The molecule has 0 amide bonds. The lowest BCUT2D eigenvalue weighted by atomic mass is 10.4. The largest absolute Gasteiger partial charge is 0.525 e. The van der Waals surface area contributed by atoms with Crippen molar-refractivity contribution in [2.75, 3.05) is 0 Å². The molecule has 0 saturated carbocycles. The second-order valence-corrected chi connectivity index (χ2v) is 2.08. The van der Waals surface area contributed by atoms with Gasteiger partial charge in [0.05, 0.1) is 0 Å². The van der Waals surface area contributed by atoms with Gasteiger partial charge in [0.1, 0.15) is 0 Å². The van der Waals surface area contributed by atoms with E-state index < -0.39 is 0 Å².